The molecule has 0 heterocycles. The molecule has 0 aliphatic heterocycles. The second-order valence-electron chi connectivity index (χ2n) is 7.53. The van der Waals surface area contributed by atoms with Crippen LogP contribution in [0.3, 0.4) is 0 Å². The summed E-state index contributed by atoms with van der Waals surface area (Å²) in [6.07, 6.45) is 0. The minimum Gasteiger partial charge on any atom is -0.480 e. The maximum absolute atomic E-state index is 12.9. The van der Waals surface area contributed by atoms with Crippen LogP contribution in [0, 0.1) is 5.41 Å². The number of rotatable bonds is 10. The molecule has 2 amide bonds. The fourth-order valence-electron chi connectivity index (χ4n) is 2.84. The van der Waals surface area contributed by atoms with Gasteiger partial charge in [-0.25, -0.2) is 0 Å². The zero-order valence-corrected chi connectivity index (χ0v) is 17.4. The van der Waals surface area contributed by atoms with E-state index in [1.807, 2.05) is 0 Å². The third-order valence-electron chi connectivity index (χ3n) is 4.57. The highest BCUT2D eigenvalue weighted by Gasteiger charge is 2.32. The van der Waals surface area contributed by atoms with Crippen molar-refractivity contribution in [2.75, 3.05) is 6.54 Å². The molecule has 0 unspecified atom stereocenters. The summed E-state index contributed by atoms with van der Waals surface area (Å²) in [5.41, 5.74) is 6.17. The molecule has 0 saturated heterocycles. The summed E-state index contributed by atoms with van der Waals surface area (Å²) in [4.78, 5) is 36.5. The van der Waals surface area contributed by atoms with Gasteiger partial charge in [-0.1, -0.05) is 54.6 Å². The number of amides is 2. The first-order valence-corrected chi connectivity index (χ1v) is 9.64. The van der Waals surface area contributed by atoms with Crippen LogP contribution in [0.4, 0.5) is 0 Å². The number of carboxylic acids is 1. The van der Waals surface area contributed by atoms with Crippen LogP contribution in [0.5, 0.6) is 0 Å². The highest BCUT2D eigenvalue weighted by Crippen LogP contribution is 2.15. The Labute approximate surface area is 180 Å². The number of amidine groups is 1. The predicted octanol–water partition coefficient (Wildman–Crippen LogP) is 0.897. The van der Waals surface area contributed by atoms with Crippen molar-refractivity contribution in [2.45, 2.75) is 32.0 Å². The van der Waals surface area contributed by atoms with E-state index >= 15 is 0 Å². The molecule has 0 aromatic heterocycles. The molecule has 31 heavy (non-hydrogen) atoms. The number of carbonyl (C=O) groups is 3. The Morgan fingerprint density at radius 1 is 1.06 bits per heavy atom. The topological polar surface area (TPSA) is 157 Å². The number of aliphatic carboxylic acids is 1. The van der Waals surface area contributed by atoms with E-state index in [1.165, 1.54) is 0 Å². The molecule has 7 N–H and O–H groups in total. The van der Waals surface area contributed by atoms with Gasteiger partial charge in [0, 0.05) is 12.1 Å². The van der Waals surface area contributed by atoms with E-state index < -0.39 is 35.9 Å². The lowest BCUT2D eigenvalue weighted by atomic mass is 10.0. The van der Waals surface area contributed by atoms with Gasteiger partial charge in [0.1, 0.15) is 17.4 Å². The van der Waals surface area contributed by atoms with Gasteiger partial charge in [-0.3, -0.25) is 25.1 Å². The summed E-state index contributed by atoms with van der Waals surface area (Å²) in [7, 11) is 0. The Bertz CT molecular complexity index is 942. The number of carboxylic acid groups (broad SMARTS) is 1. The Balaban J connectivity index is 2.03. The fourth-order valence-corrected chi connectivity index (χ4v) is 2.84. The molecular formula is C22H27N5O4. The minimum absolute atomic E-state index is 0.0380. The second-order valence-corrected chi connectivity index (χ2v) is 7.53. The van der Waals surface area contributed by atoms with Crippen LogP contribution in [0.15, 0.2) is 54.6 Å². The monoisotopic (exact) mass is 425 g/mol. The first-order valence-electron chi connectivity index (χ1n) is 9.64. The molecule has 164 valence electrons. The molecule has 0 aliphatic rings. The van der Waals surface area contributed by atoms with Gasteiger partial charge in [0.2, 0.25) is 11.8 Å². The smallest absolute Gasteiger partial charge is 0.317 e. The number of hydrogen-bond acceptors (Lipinski definition) is 5. The lowest BCUT2D eigenvalue weighted by Crippen LogP contribution is -2.56. The Hall–Kier alpha value is -3.72. The van der Waals surface area contributed by atoms with Crippen LogP contribution in [0.1, 0.15) is 36.6 Å². The lowest BCUT2D eigenvalue weighted by Gasteiger charge is -2.28. The van der Waals surface area contributed by atoms with Gasteiger partial charge in [-0.15, -0.1) is 0 Å². The van der Waals surface area contributed by atoms with E-state index in [0.29, 0.717) is 11.1 Å². The molecule has 0 aliphatic carbocycles. The largest absolute Gasteiger partial charge is 0.480 e. The van der Waals surface area contributed by atoms with Crippen LogP contribution >= 0.6 is 0 Å². The zero-order valence-electron chi connectivity index (χ0n) is 17.4. The molecule has 0 saturated carbocycles. The lowest BCUT2D eigenvalue weighted by molar-refractivity contribution is -0.137. The van der Waals surface area contributed by atoms with Gasteiger partial charge in [0.25, 0.3) is 0 Å². The third-order valence-corrected chi connectivity index (χ3v) is 4.57. The van der Waals surface area contributed by atoms with Crippen molar-refractivity contribution in [1.29, 1.82) is 5.41 Å². The highest BCUT2D eigenvalue weighted by atomic mass is 16.4. The van der Waals surface area contributed by atoms with Gasteiger partial charge in [-0.2, -0.15) is 0 Å². The average Bonchev–Trinajstić information content (AvgIpc) is 2.72. The van der Waals surface area contributed by atoms with E-state index in [9.17, 15) is 14.4 Å². The van der Waals surface area contributed by atoms with E-state index in [2.05, 4.69) is 16.0 Å². The van der Waals surface area contributed by atoms with Crippen LogP contribution in [-0.2, 0) is 20.9 Å². The predicted molar refractivity (Wildman–Crippen MR) is 116 cm³/mol. The Morgan fingerprint density at radius 2 is 1.68 bits per heavy atom. The summed E-state index contributed by atoms with van der Waals surface area (Å²) in [6.45, 7) is 2.96. The first kappa shape index (κ1) is 23.6. The molecule has 0 bridgehead atoms. The maximum atomic E-state index is 12.9. The van der Waals surface area contributed by atoms with Crippen LogP contribution in [0.25, 0.3) is 0 Å². The normalized spacial score (nSPS) is 11.9. The van der Waals surface area contributed by atoms with Crippen LogP contribution in [0.2, 0.25) is 0 Å². The van der Waals surface area contributed by atoms with Gasteiger partial charge in [0.05, 0.1) is 6.54 Å². The maximum Gasteiger partial charge on any atom is 0.317 e. The van der Waals surface area contributed by atoms with E-state index in [1.54, 1.807) is 68.4 Å². The summed E-state index contributed by atoms with van der Waals surface area (Å²) in [6, 6.07) is 14.6. The van der Waals surface area contributed by atoms with Gasteiger partial charge < -0.3 is 21.5 Å². The average molecular weight is 425 g/mol. The summed E-state index contributed by atoms with van der Waals surface area (Å²) in [5, 5.41) is 24.5. The minimum atomic E-state index is -1.24. The highest BCUT2D eigenvalue weighted by molar-refractivity contribution is 5.95. The quantitative estimate of drug-likeness (QED) is 0.245. The number of nitrogen functional groups attached to an aromatic ring is 1. The van der Waals surface area contributed by atoms with Crippen molar-refractivity contribution in [3.63, 3.8) is 0 Å². The number of carbonyl (C=O) groups excluding carboxylic acids is 2. The molecule has 2 aromatic carbocycles. The second kappa shape index (κ2) is 10.4. The summed E-state index contributed by atoms with van der Waals surface area (Å²) < 4.78 is 0. The van der Waals surface area contributed by atoms with Crippen LogP contribution in [-0.4, -0.2) is 40.8 Å². The van der Waals surface area contributed by atoms with Crippen molar-refractivity contribution >= 4 is 23.6 Å². The number of hydrogen-bond donors (Lipinski definition) is 6. The first-order chi connectivity index (χ1) is 14.6. The van der Waals surface area contributed by atoms with Crippen molar-refractivity contribution in [3.8, 4) is 0 Å². The molecule has 1 atom stereocenters. The molecule has 9 heteroatoms. The van der Waals surface area contributed by atoms with Crippen molar-refractivity contribution in [1.82, 2.24) is 16.0 Å². The fraction of sp³-hybridized carbons (Fsp3) is 0.273. The number of nitrogens with one attached hydrogen (secondary N) is 4. The molecule has 0 spiro atoms. The van der Waals surface area contributed by atoms with Crippen molar-refractivity contribution < 1.29 is 19.5 Å². The molecular weight excluding hydrogens is 398 g/mol. The Kier molecular flexibility index (Phi) is 7.87. The van der Waals surface area contributed by atoms with Crippen molar-refractivity contribution in [3.05, 3.63) is 71.3 Å². The number of benzene rings is 2. The van der Waals surface area contributed by atoms with Gasteiger partial charge in [0.15, 0.2) is 0 Å². The zero-order chi connectivity index (χ0) is 23.0. The van der Waals surface area contributed by atoms with E-state index in [4.69, 9.17) is 16.2 Å². The summed E-state index contributed by atoms with van der Waals surface area (Å²) >= 11 is 0. The van der Waals surface area contributed by atoms with Crippen LogP contribution < -0.4 is 21.7 Å². The Morgan fingerprint density at radius 3 is 2.23 bits per heavy atom. The molecule has 2 aromatic rings. The summed E-state index contributed by atoms with van der Waals surface area (Å²) in [5.74, 6) is -2.05. The van der Waals surface area contributed by atoms with Crippen molar-refractivity contribution in [2.24, 2.45) is 5.73 Å². The molecule has 2 rings (SSSR count). The molecule has 0 radical (unpaired) electrons. The van der Waals surface area contributed by atoms with E-state index in [0.717, 1.165) is 5.56 Å². The standard InChI is InChI=1S/C22H27N5O4/c1-22(2,21(31)26-12-14-8-10-16(11-9-14)19(23)24)27-20(30)18(25-13-17(28)29)15-6-4-3-5-7-15/h3-11,18,25H,12-13H2,1-2H3,(H3,23,24)(H,26,31)(H,27,30)(H,28,29)/t18-/m1/s1. The third kappa shape index (κ3) is 6.93. The van der Waals surface area contributed by atoms with Gasteiger partial charge in [-0.05, 0) is 25.0 Å². The molecule has 0 fully saturated rings. The molecule has 9 nitrogen and oxygen atoms in total. The van der Waals surface area contributed by atoms with E-state index in [-0.39, 0.29) is 12.4 Å². The number of nitrogens with two attached hydrogens (primary N) is 1. The van der Waals surface area contributed by atoms with Gasteiger partial charge >= 0.3 is 5.97 Å². The SMILES string of the molecule is CC(C)(NC(=O)[C@H](NCC(=O)O)c1ccccc1)C(=O)NCc1ccc(C(=N)N)cc1.